The minimum absolute atomic E-state index is 0.414. The van der Waals surface area contributed by atoms with Crippen molar-refractivity contribution >= 4 is 23.6 Å². The predicted molar refractivity (Wildman–Crippen MR) is 131 cm³/mol. The maximum Gasteiger partial charge on any atom is 0.408 e. The van der Waals surface area contributed by atoms with Crippen LogP contribution in [0.4, 0.5) is 10.5 Å². The lowest BCUT2D eigenvalue weighted by molar-refractivity contribution is -0.139. The van der Waals surface area contributed by atoms with Crippen LogP contribution >= 0.6 is 0 Å². The van der Waals surface area contributed by atoms with E-state index in [4.69, 9.17) is 4.74 Å². The quantitative estimate of drug-likeness (QED) is 0.548. The monoisotopic (exact) mass is 469 g/mol. The Morgan fingerprint density at radius 1 is 1.06 bits per heavy atom. The molecular formula is C26H35N3O5. The lowest BCUT2D eigenvalue weighted by Crippen LogP contribution is -2.52. The number of carbonyl (C=O) groups excluding carboxylic acids is 3. The van der Waals surface area contributed by atoms with Crippen molar-refractivity contribution in [2.75, 3.05) is 19.0 Å². The lowest BCUT2D eigenvalue weighted by Gasteiger charge is -2.31. The average Bonchev–Trinajstić information content (AvgIpc) is 2.78. The van der Waals surface area contributed by atoms with Gasteiger partial charge in [0.2, 0.25) is 5.91 Å². The minimum atomic E-state index is -1.27. The molecule has 0 radical (unpaired) electrons. The van der Waals surface area contributed by atoms with Crippen LogP contribution in [0.15, 0.2) is 48.5 Å². The molecule has 2 unspecified atom stereocenters. The van der Waals surface area contributed by atoms with Gasteiger partial charge in [-0.05, 0) is 56.9 Å². The number of aliphatic hydroxyl groups excluding tert-OH is 1. The summed E-state index contributed by atoms with van der Waals surface area (Å²) in [6.45, 7) is 8.34. The molecule has 0 aliphatic rings. The summed E-state index contributed by atoms with van der Waals surface area (Å²) in [6, 6.07) is 12.5. The van der Waals surface area contributed by atoms with E-state index in [1.165, 1.54) is 11.9 Å². The first-order valence-electron chi connectivity index (χ1n) is 11.3. The van der Waals surface area contributed by atoms with E-state index < -0.39 is 42.2 Å². The first kappa shape index (κ1) is 26.9. The largest absolute Gasteiger partial charge is 0.444 e. The predicted octanol–water partition coefficient (Wildman–Crippen LogP) is 3.58. The molecule has 2 rings (SSSR count). The summed E-state index contributed by atoms with van der Waals surface area (Å²) < 4.78 is 5.20. The van der Waals surface area contributed by atoms with Crippen LogP contribution in [0.25, 0.3) is 0 Å². The van der Waals surface area contributed by atoms with E-state index in [2.05, 4.69) is 10.6 Å². The second kappa shape index (κ2) is 11.7. The first-order valence-corrected chi connectivity index (χ1v) is 11.3. The second-order valence-corrected chi connectivity index (χ2v) is 9.13. The number of hydrogen-bond acceptors (Lipinski definition) is 5. The molecule has 2 atom stereocenters. The van der Waals surface area contributed by atoms with Crippen LogP contribution in [-0.4, -0.2) is 53.2 Å². The van der Waals surface area contributed by atoms with Crippen molar-refractivity contribution in [3.05, 3.63) is 65.2 Å². The number of hydrogen-bond donors (Lipinski definition) is 3. The molecule has 0 bridgehead atoms. The molecular weight excluding hydrogens is 434 g/mol. The molecule has 0 saturated carbocycles. The second-order valence-electron chi connectivity index (χ2n) is 9.13. The van der Waals surface area contributed by atoms with Crippen LogP contribution < -0.4 is 10.6 Å². The molecule has 2 aromatic rings. The Balaban J connectivity index is 2.33. The van der Waals surface area contributed by atoms with Crippen LogP contribution in [0.3, 0.4) is 0 Å². The highest BCUT2D eigenvalue weighted by atomic mass is 16.6. The molecule has 8 heteroatoms. The van der Waals surface area contributed by atoms with Crippen LogP contribution in [0, 0.1) is 6.92 Å². The van der Waals surface area contributed by atoms with Gasteiger partial charge in [-0.3, -0.25) is 9.59 Å². The zero-order valence-electron chi connectivity index (χ0n) is 20.7. The van der Waals surface area contributed by atoms with E-state index >= 15 is 0 Å². The first-order chi connectivity index (χ1) is 16.0. The molecule has 2 aromatic carbocycles. The summed E-state index contributed by atoms with van der Waals surface area (Å²) >= 11 is 0. The number of likely N-dealkylation sites (N-methyl/N-ethyl adjacent to an activating group) is 1. The van der Waals surface area contributed by atoms with Crippen molar-refractivity contribution in [2.24, 2.45) is 0 Å². The SMILES string of the molecule is CCc1ccc(C(C(=O)Nc2ccccc2C)N(C)C(=O)C(CO)NC(=O)OC(C)(C)C)cc1. The summed E-state index contributed by atoms with van der Waals surface area (Å²) in [5.74, 6) is -1.04. The van der Waals surface area contributed by atoms with E-state index in [9.17, 15) is 19.5 Å². The topological polar surface area (TPSA) is 108 Å². The highest BCUT2D eigenvalue weighted by molar-refractivity contribution is 5.99. The van der Waals surface area contributed by atoms with Crippen molar-refractivity contribution in [2.45, 2.75) is 58.7 Å². The molecule has 0 aromatic heterocycles. The lowest BCUT2D eigenvalue weighted by atomic mass is 10.0. The van der Waals surface area contributed by atoms with E-state index in [0.717, 1.165) is 17.5 Å². The van der Waals surface area contributed by atoms with Gasteiger partial charge in [-0.2, -0.15) is 0 Å². The average molecular weight is 470 g/mol. The van der Waals surface area contributed by atoms with Crippen molar-refractivity contribution in [1.29, 1.82) is 0 Å². The number of aryl methyl sites for hydroxylation is 2. The zero-order valence-corrected chi connectivity index (χ0v) is 20.7. The number of alkyl carbamates (subject to hydrolysis) is 1. The number of nitrogens with zero attached hydrogens (tertiary/aromatic N) is 1. The van der Waals surface area contributed by atoms with Crippen LogP contribution in [-0.2, 0) is 20.7 Å². The van der Waals surface area contributed by atoms with Gasteiger partial charge in [0.25, 0.3) is 5.91 Å². The van der Waals surface area contributed by atoms with Gasteiger partial charge in [0.05, 0.1) is 6.61 Å². The molecule has 3 N–H and O–H groups in total. The number of carbonyl (C=O) groups is 3. The molecule has 0 aliphatic carbocycles. The third-order valence-electron chi connectivity index (χ3n) is 5.26. The highest BCUT2D eigenvalue weighted by Gasteiger charge is 2.34. The maximum absolute atomic E-state index is 13.4. The fraction of sp³-hybridized carbons (Fsp3) is 0.423. The van der Waals surface area contributed by atoms with Gasteiger partial charge in [-0.25, -0.2) is 4.79 Å². The molecule has 0 fully saturated rings. The highest BCUT2D eigenvalue weighted by Crippen LogP contribution is 2.24. The number of nitrogens with one attached hydrogen (secondary N) is 2. The summed E-state index contributed by atoms with van der Waals surface area (Å²) in [7, 11) is 1.47. The smallest absolute Gasteiger partial charge is 0.408 e. The Morgan fingerprint density at radius 3 is 2.21 bits per heavy atom. The van der Waals surface area contributed by atoms with Gasteiger partial charge in [0, 0.05) is 12.7 Å². The third-order valence-corrected chi connectivity index (χ3v) is 5.26. The van der Waals surface area contributed by atoms with Crippen LogP contribution in [0.2, 0.25) is 0 Å². The van der Waals surface area contributed by atoms with Gasteiger partial charge in [0.1, 0.15) is 17.7 Å². The fourth-order valence-corrected chi connectivity index (χ4v) is 3.41. The van der Waals surface area contributed by atoms with Gasteiger partial charge >= 0.3 is 6.09 Å². The van der Waals surface area contributed by atoms with Crippen molar-refractivity contribution < 1.29 is 24.2 Å². The molecule has 3 amide bonds. The maximum atomic E-state index is 13.4. The zero-order chi connectivity index (χ0) is 25.5. The summed E-state index contributed by atoms with van der Waals surface area (Å²) in [5, 5.41) is 15.1. The Hall–Kier alpha value is -3.39. The number of benzene rings is 2. The number of rotatable bonds is 8. The molecule has 0 spiro atoms. The van der Waals surface area contributed by atoms with E-state index in [1.807, 2.05) is 44.2 Å². The van der Waals surface area contributed by atoms with Gasteiger partial charge in [-0.1, -0.05) is 49.4 Å². The number of para-hydroxylation sites is 1. The number of aliphatic hydroxyl groups is 1. The van der Waals surface area contributed by atoms with Crippen molar-refractivity contribution in [3.8, 4) is 0 Å². The fourth-order valence-electron chi connectivity index (χ4n) is 3.41. The molecule has 0 heterocycles. The molecule has 34 heavy (non-hydrogen) atoms. The van der Waals surface area contributed by atoms with Crippen LogP contribution in [0.5, 0.6) is 0 Å². The minimum Gasteiger partial charge on any atom is -0.444 e. The number of ether oxygens (including phenoxy) is 1. The Kier molecular flexibility index (Phi) is 9.20. The number of anilines is 1. The molecule has 0 aliphatic heterocycles. The standard InChI is InChI=1S/C26H35N3O5/c1-7-18-12-14-19(15-13-18)22(23(31)27-20-11-9-8-10-17(20)2)29(6)24(32)21(16-30)28-25(33)34-26(3,4)5/h8-15,21-22,30H,7,16H2,1-6H3,(H,27,31)(H,28,33). The van der Waals surface area contributed by atoms with Crippen molar-refractivity contribution in [1.82, 2.24) is 10.2 Å². The van der Waals surface area contributed by atoms with E-state index in [0.29, 0.717) is 11.3 Å². The summed E-state index contributed by atoms with van der Waals surface area (Å²) in [5.41, 5.74) is 2.44. The summed E-state index contributed by atoms with van der Waals surface area (Å²) in [6.07, 6.45) is 0.00290. The Morgan fingerprint density at radius 2 is 1.68 bits per heavy atom. The van der Waals surface area contributed by atoms with E-state index in [-0.39, 0.29) is 0 Å². The van der Waals surface area contributed by atoms with Gasteiger partial charge < -0.3 is 25.4 Å². The van der Waals surface area contributed by atoms with Crippen molar-refractivity contribution in [3.63, 3.8) is 0 Å². The summed E-state index contributed by atoms with van der Waals surface area (Å²) in [4.78, 5) is 40.1. The Bertz CT molecular complexity index is 998. The molecule has 0 saturated heterocycles. The van der Waals surface area contributed by atoms with Gasteiger partial charge in [-0.15, -0.1) is 0 Å². The number of amides is 3. The molecule has 8 nitrogen and oxygen atoms in total. The van der Waals surface area contributed by atoms with Crippen LogP contribution in [0.1, 0.15) is 50.4 Å². The third kappa shape index (κ3) is 7.31. The normalized spacial score (nSPS) is 12.9. The molecule has 184 valence electrons. The van der Waals surface area contributed by atoms with E-state index in [1.54, 1.807) is 39.0 Å². The Labute approximate surface area is 201 Å². The van der Waals surface area contributed by atoms with Gasteiger partial charge in [0.15, 0.2) is 0 Å².